The zero-order chi connectivity index (χ0) is 18.6. The highest BCUT2D eigenvalue weighted by Crippen LogP contribution is 2.24. The highest BCUT2D eigenvalue weighted by Gasteiger charge is 2.26. The van der Waals surface area contributed by atoms with Crippen LogP contribution in [0.25, 0.3) is 0 Å². The second-order valence-corrected chi connectivity index (χ2v) is 7.35. The summed E-state index contributed by atoms with van der Waals surface area (Å²) in [5.41, 5.74) is 0.0948. The molecule has 0 heterocycles. The van der Waals surface area contributed by atoms with Crippen molar-refractivity contribution in [1.29, 1.82) is 0 Å². The maximum Gasteiger partial charge on any atom is 0.289 e. The molecule has 25 heavy (non-hydrogen) atoms. The molecule has 0 aromatic heterocycles. The minimum Gasteiger partial charge on any atom is -0.301 e. The van der Waals surface area contributed by atoms with E-state index in [9.17, 15) is 22.9 Å². The third-order valence-electron chi connectivity index (χ3n) is 3.67. The van der Waals surface area contributed by atoms with Crippen molar-refractivity contribution in [3.8, 4) is 0 Å². The summed E-state index contributed by atoms with van der Waals surface area (Å²) in [7, 11) is -0.633. The second-order valence-electron chi connectivity index (χ2n) is 5.61. The summed E-state index contributed by atoms with van der Waals surface area (Å²) in [6, 6.07) is 10.5. The Labute approximate surface area is 145 Å². The van der Waals surface area contributed by atoms with Gasteiger partial charge >= 0.3 is 0 Å². The number of hydrogen-bond acceptors (Lipinski definition) is 5. The molecule has 0 amide bonds. The van der Waals surface area contributed by atoms with Gasteiger partial charge in [-0.1, -0.05) is 24.3 Å². The van der Waals surface area contributed by atoms with Crippen LogP contribution >= 0.6 is 0 Å². The van der Waals surface area contributed by atoms with E-state index in [1.165, 1.54) is 36.4 Å². The van der Waals surface area contributed by atoms with Crippen LogP contribution in [-0.4, -0.2) is 38.9 Å². The van der Waals surface area contributed by atoms with E-state index in [4.69, 9.17) is 0 Å². The minimum absolute atomic E-state index is 0.0646. The maximum absolute atomic E-state index is 13.4. The average Bonchev–Trinajstić information content (AvgIpc) is 2.54. The van der Waals surface area contributed by atoms with Crippen molar-refractivity contribution in [3.05, 3.63) is 70.0 Å². The molecule has 134 valence electrons. The zero-order valence-corrected chi connectivity index (χ0v) is 14.5. The third kappa shape index (κ3) is 4.59. The number of nitro groups is 1. The van der Waals surface area contributed by atoms with E-state index in [-0.39, 0.29) is 6.54 Å². The molecule has 1 atom stereocenters. The molecular formula is C16H18FN3O4S. The normalized spacial score (nSPS) is 13.0. The van der Waals surface area contributed by atoms with Crippen LogP contribution in [0.2, 0.25) is 0 Å². The lowest BCUT2D eigenvalue weighted by molar-refractivity contribution is -0.387. The van der Waals surface area contributed by atoms with Crippen molar-refractivity contribution in [1.82, 2.24) is 9.62 Å². The second kappa shape index (κ2) is 7.68. The van der Waals surface area contributed by atoms with Gasteiger partial charge in [-0.05, 0) is 37.9 Å². The number of likely N-dealkylation sites (N-methyl/N-ethyl adjacent to an activating group) is 1. The summed E-state index contributed by atoms with van der Waals surface area (Å²) >= 11 is 0. The molecule has 9 heteroatoms. The van der Waals surface area contributed by atoms with E-state index >= 15 is 0 Å². The maximum atomic E-state index is 13.4. The highest BCUT2D eigenvalue weighted by atomic mass is 32.2. The van der Waals surface area contributed by atoms with Crippen LogP contribution in [0.1, 0.15) is 11.6 Å². The Kier molecular flexibility index (Phi) is 5.83. The molecule has 2 rings (SSSR count). The highest BCUT2D eigenvalue weighted by molar-refractivity contribution is 7.89. The molecule has 0 bridgehead atoms. The van der Waals surface area contributed by atoms with Crippen LogP contribution in [0.15, 0.2) is 53.4 Å². The van der Waals surface area contributed by atoms with Crippen molar-refractivity contribution in [2.45, 2.75) is 10.9 Å². The Morgan fingerprint density at radius 2 is 1.88 bits per heavy atom. The topological polar surface area (TPSA) is 92.6 Å². The third-order valence-corrected chi connectivity index (χ3v) is 5.15. The molecule has 7 nitrogen and oxygen atoms in total. The average molecular weight is 367 g/mol. The van der Waals surface area contributed by atoms with Gasteiger partial charge in [0.25, 0.3) is 5.69 Å². The number of nitrogens with zero attached hydrogens (tertiary/aromatic N) is 2. The van der Waals surface area contributed by atoms with E-state index in [0.29, 0.717) is 5.56 Å². The monoisotopic (exact) mass is 367 g/mol. The zero-order valence-electron chi connectivity index (χ0n) is 13.7. The van der Waals surface area contributed by atoms with Gasteiger partial charge in [-0.2, -0.15) is 0 Å². The number of nitrogens with one attached hydrogen (secondary N) is 1. The minimum atomic E-state index is -4.09. The summed E-state index contributed by atoms with van der Waals surface area (Å²) in [6.07, 6.45) is 0. The van der Waals surface area contributed by atoms with Gasteiger partial charge in [-0.15, -0.1) is 0 Å². The molecule has 0 radical (unpaired) electrons. The summed E-state index contributed by atoms with van der Waals surface area (Å²) in [6.45, 7) is -0.0646. The first-order chi connectivity index (χ1) is 11.7. The van der Waals surface area contributed by atoms with Crippen LogP contribution in [0.4, 0.5) is 10.1 Å². The summed E-state index contributed by atoms with van der Waals surface area (Å²) < 4.78 is 40.8. The van der Waals surface area contributed by atoms with Crippen LogP contribution in [0.3, 0.4) is 0 Å². The van der Waals surface area contributed by atoms with Crippen molar-refractivity contribution in [2.24, 2.45) is 0 Å². The number of rotatable bonds is 7. The molecule has 0 saturated carbocycles. The molecule has 2 aromatic carbocycles. The Morgan fingerprint density at radius 3 is 2.48 bits per heavy atom. The van der Waals surface area contributed by atoms with Gasteiger partial charge in [0.2, 0.25) is 10.0 Å². The Balaban J connectivity index is 2.27. The number of halogens is 1. The summed E-state index contributed by atoms with van der Waals surface area (Å²) in [5.74, 6) is -0.425. The number of para-hydroxylation sites is 1. The van der Waals surface area contributed by atoms with Crippen molar-refractivity contribution in [3.63, 3.8) is 0 Å². The van der Waals surface area contributed by atoms with E-state index in [2.05, 4.69) is 4.72 Å². The summed E-state index contributed by atoms with van der Waals surface area (Å²) in [5, 5.41) is 11.0. The predicted octanol–water partition coefficient (Wildman–Crippen LogP) is 2.32. The lowest BCUT2D eigenvalue weighted by Gasteiger charge is -2.25. The predicted molar refractivity (Wildman–Crippen MR) is 91.1 cm³/mol. The number of hydrogen-bond donors (Lipinski definition) is 1. The largest absolute Gasteiger partial charge is 0.301 e. The van der Waals surface area contributed by atoms with Gasteiger partial charge in [0, 0.05) is 18.7 Å². The Morgan fingerprint density at radius 1 is 1.20 bits per heavy atom. The number of benzene rings is 2. The van der Waals surface area contributed by atoms with Crippen molar-refractivity contribution >= 4 is 15.7 Å². The van der Waals surface area contributed by atoms with E-state index in [1.807, 2.05) is 0 Å². The Bertz CT molecular complexity index is 871. The van der Waals surface area contributed by atoms with Gasteiger partial charge in [-0.3, -0.25) is 10.1 Å². The molecule has 0 aliphatic rings. The first-order valence-corrected chi connectivity index (χ1v) is 8.85. The van der Waals surface area contributed by atoms with Gasteiger partial charge < -0.3 is 4.90 Å². The van der Waals surface area contributed by atoms with Crippen molar-refractivity contribution < 1.29 is 17.7 Å². The molecule has 0 fully saturated rings. The molecule has 0 spiro atoms. The Hall–Kier alpha value is -2.36. The van der Waals surface area contributed by atoms with Crippen LogP contribution in [-0.2, 0) is 10.0 Å². The smallest absolute Gasteiger partial charge is 0.289 e. The molecule has 0 aliphatic heterocycles. The fourth-order valence-electron chi connectivity index (χ4n) is 2.41. The molecule has 1 N–H and O–H groups in total. The summed E-state index contributed by atoms with van der Waals surface area (Å²) in [4.78, 5) is 11.6. The van der Waals surface area contributed by atoms with E-state index in [0.717, 1.165) is 6.07 Å². The lowest BCUT2D eigenvalue weighted by Crippen LogP contribution is -2.34. The first kappa shape index (κ1) is 19.0. The molecule has 0 saturated heterocycles. The SMILES string of the molecule is CN(C)C(CNS(=O)(=O)c1ccccc1[N+](=O)[O-])c1cccc(F)c1. The fraction of sp³-hybridized carbons (Fsp3) is 0.250. The van der Waals surface area contributed by atoms with Crippen LogP contribution in [0, 0.1) is 15.9 Å². The molecular weight excluding hydrogens is 349 g/mol. The fourth-order valence-corrected chi connectivity index (χ4v) is 3.62. The van der Waals surface area contributed by atoms with Gasteiger partial charge in [-0.25, -0.2) is 17.5 Å². The van der Waals surface area contributed by atoms with Gasteiger partial charge in [0.15, 0.2) is 4.90 Å². The number of sulfonamides is 1. The lowest BCUT2D eigenvalue weighted by atomic mass is 10.1. The van der Waals surface area contributed by atoms with E-state index in [1.54, 1.807) is 25.1 Å². The van der Waals surface area contributed by atoms with Gasteiger partial charge in [0.05, 0.1) is 4.92 Å². The molecule has 1 unspecified atom stereocenters. The quantitative estimate of drug-likeness (QED) is 0.599. The van der Waals surface area contributed by atoms with Crippen LogP contribution in [0.5, 0.6) is 0 Å². The molecule has 0 aliphatic carbocycles. The van der Waals surface area contributed by atoms with E-state index < -0.39 is 37.4 Å². The van der Waals surface area contributed by atoms with Gasteiger partial charge in [0.1, 0.15) is 5.82 Å². The first-order valence-electron chi connectivity index (χ1n) is 7.37. The van der Waals surface area contributed by atoms with Crippen molar-refractivity contribution in [2.75, 3.05) is 20.6 Å². The standard InChI is InChI=1S/C16H18FN3O4S/c1-19(2)15(12-6-5-7-13(17)10-12)11-18-25(23,24)16-9-4-3-8-14(16)20(21)22/h3-10,15,18H,11H2,1-2H3. The molecule has 2 aromatic rings. The number of nitro benzene ring substituents is 1. The van der Waals surface area contributed by atoms with Crippen LogP contribution < -0.4 is 4.72 Å².